The lowest BCUT2D eigenvalue weighted by Gasteiger charge is -2.39. The lowest BCUT2D eigenvalue weighted by Crippen LogP contribution is -2.63. The Hall–Kier alpha value is -1.52. The number of likely N-dealkylation sites (N-methyl/N-ethyl adjacent to an activating group) is 1. The summed E-state index contributed by atoms with van der Waals surface area (Å²) in [5.74, 6) is -0.614. The van der Waals surface area contributed by atoms with E-state index < -0.39 is 12.1 Å². The highest BCUT2D eigenvalue weighted by atomic mass is 32.2. The van der Waals surface area contributed by atoms with E-state index in [0.29, 0.717) is 9.81 Å². The van der Waals surface area contributed by atoms with Gasteiger partial charge < -0.3 is 0 Å². The van der Waals surface area contributed by atoms with Crippen molar-refractivity contribution in [3.63, 3.8) is 0 Å². The molecule has 0 saturated carbocycles. The Morgan fingerprint density at radius 1 is 1.00 bits per heavy atom. The number of nitrogens with zero attached hydrogens (tertiary/aromatic N) is 3. The van der Waals surface area contributed by atoms with Crippen LogP contribution in [-0.4, -0.2) is 46.6 Å². The standard InChI is InChI=1S/C11H9N5O2S2/c1-16-10(17)6-7(11(16)18)20-9-8(19-6)14-4(2-12)5(3-13)15-9/h4-5,8-9,14-15H,1H3. The summed E-state index contributed by atoms with van der Waals surface area (Å²) < 4.78 is 0. The van der Waals surface area contributed by atoms with Crippen molar-refractivity contribution < 1.29 is 9.59 Å². The van der Waals surface area contributed by atoms with Gasteiger partial charge in [0.2, 0.25) is 0 Å². The smallest absolute Gasteiger partial charge is 0.268 e. The van der Waals surface area contributed by atoms with Crippen molar-refractivity contribution in [1.82, 2.24) is 15.5 Å². The van der Waals surface area contributed by atoms with Gasteiger partial charge in [-0.3, -0.25) is 25.1 Å². The first-order chi connectivity index (χ1) is 9.56. The van der Waals surface area contributed by atoms with Crippen molar-refractivity contribution in [3.05, 3.63) is 9.81 Å². The molecule has 3 heterocycles. The third kappa shape index (κ3) is 1.83. The van der Waals surface area contributed by atoms with Crippen LogP contribution < -0.4 is 10.6 Å². The Labute approximate surface area is 123 Å². The van der Waals surface area contributed by atoms with Crippen LogP contribution >= 0.6 is 23.5 Å². The maximum atomic E-state index is 11.9. The first kappa shape index (κ1) is 13.5. The predicted molar refractivity (Wildman–Crippen MR) is 72.6 cm³/mol. The van der Waals surface area contributed by atoms with E-state index in [1.165, 1.54) is 30.6 Å². The van der Waals surface area contributed by atoms with E-state index in [-0.39, 0.29) is 22.6 Å². The number of thioether (sulfide) groups is 2. The number of carbonyl (C=O) groups excluding carboxylic acids is 2. The van der Waals surface area contributed by atoms with Crippen LogP contribution in [0, 0.1) is 22.7 Å². The zero-order chi connectivity index (χ0) is 14.4. The van der Waals surface area contributed by atoms with E-state index >= 15 is 0 Å². The van der Waals surface area contributed by atoms with Gasteiger partial charge >= 0.3 is 0 Å². The van der Waals surface area contributed by atoms with Crippen molar-refractivity contribution >= 4 is 35.3 Å². The molecule has 1 saturated heterocycles. The fourth-order valence-electron chi connectivity index (χ4n) is 2.19. The molecule has 7 nitrogen and oxygen atoms in total. The van der Waals surface area contributed by atoms with Gasteiger partial charge in [-0.05, 0) is 0 Å². The molecule has 2 N–H and O–H groups in total. The average Bonchev–Trinajstić information content (AvgIpc) is 2.68. The van der Waals surface area contributed by atoms with Gasteiger partial charge in [0, 0.05) is 7.05 Å². The topological polar surface area (TPSA) is 109 Å². The second-order valence-corrected chi connectivity index (χ2v) is 6.75. The van der Waals surface area contributed by atoms with Crippen molar-refractivity contribution in [2.24, 2.45) is 0 Å². The van der Waals surface area contributed by atoms with E-state index in [4.69, 9.17) is 10.5 Å². The summed E-state index contributed by atoms with van der Waals surface area (Å²) in [6.07, 6.45) is 0. The Bertz CT molecular complexity index is 567. The second-order valence-electron chi connectivity index (χ2n) is 4.45. The molecule has 0 aliphatic carbocycles. The zero-order valence-corrected chi connectivity index (χ0v) is 11.9. The van der Waals surface area contributed by atoms with Crippen LogP contribution in [0.5, 0.6) is 0 Å². The molecule has 0 aromatic carbocycles. The molecule has 1 fully saturated rings. The van der Waals surface area contributed by atoms with E-state index in [0.717, 1.165) is 4.90 Å². The summed E-state index contributed by atoms with van der Waals surface area (Å²) in [4.78, 5) is 25.8. The maximum absolute atomic E-state index is 11.9. The molecule has 0 spiro atoms. The van der Waals surface area contributed by atoms with Crippen LogP contribution in [0.1, 0.15) is 0 Å². The Morgan fingerprint density at radius 2 is 1.40 bits per heavy atom. The predicted octanol–water partition coefficient (Wildman–Crippen LogP) is -0.694. The van der Waals surface area contributed by atoms with Crippen molar-refractivity contribution in [2.45, 2.75) is 22.8 Å². The van der Waals surface area contributed by atoms with Crippen LogP contribution in [0.3, 0.4) is 0 Å². The highest BCUT2D eigenvalue weighted by Crippen LogP contribution is 2.46. The molecule has 0 aromatic rings. The minimum Gasteiger partial charge on any atom is -0.286 e. The average molecular weight is 307 g/mol. The summed E-state index contributed by atoms with van der Waals surface area (Å²) in [5.41, 5.74) is 0. The molecular formula is C11H9N5O2S2. The Morgan fingerprint density at radius 3 is 1.75 bits per heavy atom. The molecular weight excluding hydrogens is 298 g/mol. The lowest BCUT2D eigenvalue weighted by atomic mass is 10.1. The number of hydrogen-bond acceptors (Lipinski definition) is 8. The third-order valence-corrected chi connectivity index (χ3v) is 6.12. The van der Waals surface area contributed by atoms with Crippen LogP contribution in [0.25, 0.3) is 0 Å². The fraction of sp³-hybridized carbons (Fsp3) is 0.455. The van der Waals surface area contributed by atoms with Crippen molar-refractivity contribution in [1.29, 1.82) is 10.5 Å². The first-order valence-electron chi connectivity index (χ1n) is 5.78. The van der Waals surface area contributed by atoms with Crippen LogP contribution in [0.15, 0.2) is 9.81 Å². The van der Waals surface area contributed by atoms with Gasteiger partial charge in [0.25, 0.3) is 11.8 Å². The van der Waals surface area contributed by atoms with E-state index in [1.807, 2.05) is 12.1 Å². The molecule has 20 heavy (non-hydrogen) atoms. The second kappa shape index (κ2) is 4.79. The summed E-state index contributed by atoms with van der Waals surface area (Å²) in [6.45, 7) is 0. The van der Waals surface area contributed by atoms with Gasteiger partial charge in [0.15, 0.2) is 0 Å². The number of hydrogen-bond donors (Lipinski definition) is 2. The van der Waals surface area contributed by atoms with Gasteiger partial charge in [-0.2, -0.15) is 10.5 Å². The van der Waals surface area contributed by atoms with Crippen molar-refractivity contribution in [3.8, 4) is 12.1 Å². The van der Waals surface area contributed by atoms with Crippen LogP contribution in [-0.2, 0) is 9.59 Å². The molecule has 0 bridgehead atoms. The molecule has 3 aliphatic heterocycles. The lowest BCUT2D eigenvalue weighted by molar-refractivity contribution is -0.135. The summed E-state index contributed by atoms with van der Waals surface area (Å²) in [7, 11) is 1.45. The normalized spacial score (nSPS) is 36.2. The summed E-state index contributed by atoms with van der Waals surface area (Å²) in [6, 6.07) is 2.78. The number of nitrogens with one attached hydrogen (secondary N) is 2. The monoisotopic (exact) mass is 307 g/mol. The number of amides is 2. The van der Waals surface area contributed by atoms with E-state index in [2.05, 4.69) is 10.6 Å². The van der Waals surface area contributed by atoms with E-state index in [9.17, 15) is 9.59 Å². The van der Waals surface area contributed by atoms with Gasteiger partial charge in [-0.1, -0.05) is 23.5 Å². The number of nitriles is 2. The quantitative estimate of drug-likeness (QED) is 0.566. The molecule has 0 aromatic heterocycles. The van der Waals surface area contributed by atoms with Crippen LogP contribution in [0.4, 0.5) is 0 Å². The summed E-state index contributed by atoms with van der Waals surface area (Å²) in [5, 5.41) is 23.7. The largest absolute Gasteiger partial charge is 0.286 e. The molecule has 102 valence electrons. The Balaban J connectivity index is 1.89. The number of piperazine rings is 1. The molecule has 9 heteroatoms. The number of fused-ring (bicyclic) bond motifs is 1. The SMILES string of the molecule is CN1C(=O)C2=C(SC3NC(C#N)C(C#N)NC3S2)C1=O. The van der Waals surface area contributed by atoms with Gasteiger partial charge in [-0.25, -0.2) is 0 Å². The number of carbonyl (C=O) groups is 2. The van der Waals surface area contributed by atoms with Gasteiger partial charge in [-0.15, -0.1) is 0 Å². The fourth-order valence-corrected chi connectivity index (χ4v) is 5.02. The molecule has 4 atom stereocenters. The highest BCUT2D eigenvalue weighted by Gasteiger charge is 2.48. The van der Waals surface area contributed by atoms with Gasteiger partial charge in [0.05, 0.1) is 32.7 Å². The number of rotatable bonds is 0. The molecule has 2 amide bonds. The minimum absolute atomic E-state index is 0.226. The summed E-state index contributed by atoms with van der Waals surface area (Å²) >= 11 is 2.49. The van der Waals surface area contributed by atoms with Crippen molar-refractivity contribution in [2.75, 3.05) is 7.05 Å². The molecule has 0 radical (unpaired) electrons. The minimum atomic E-state index is -0.638. The van der Waals surface area contributed by atoms with E-state index in [1.54, 1.807) is 0 Å². The maximum Gasteiger partial charge on any atom is 0.268 e. The molecule has 3 aliphatic rings. The van der Waals surface area contributed by atoms with Crippen LogP contribution in [0.2, 0.25) is 0 Å². The third-order valence-electron chi connectivity index (χ3n) is 3.27. The molecule has 4 unspecified atom stereocenters. The van der Waals surface area contributed by atoms with Gasteiger partial charge in [0.1, 0.15) is 12.1 Å². The highest BCUT2D eigenvalue weighted by molar-refractivity contribution is 8.12. The molecule has 3 rings (SSSR count). The number of imide groups is 1. The first-order valence-corrected chi connectivity index (χ1v) is 7.54. The zero-order valence-electron chi connectivity index (χ0n) is 10.3. The Kier molecular flexibility index (Phi) is 3.22.